The first kappa shape index (κ1) is 11.4. The number of esters is 1. The summed E-state index contributed by atoms with van der Waals surface area (Å²) in [5, 5.41) is 0. The standard InChI is InChI=1S/C11H11FO3/c1-7(13)11(15-8(2)14)9-3-5-10(12)6-4-9/h3-6,11H,1-2H3. The molecule has 0 N–H and O–H groups in total. The molecule has 1 aromatic rings. The van der Waals surface area contributed by atoms with Crippen LogP contribution in [0.2, 0.25) is 0 Å². The molecule has 3 nitrogen and oxygen atoms in total. The maximum atomic E-state index is 12.6. The summed E-state index contributed by atoms with van der Waals surface area (Å²) in [4.78, 5) is 21.9. The molecule has 15 heavy (non-hydrogen) atoms. The van der Waals surface area contributed by atoms with Gasteiger partial charge >= 0.3 is 5.97 Å². The average molecular weight is 210 g/mol. The number of hydrogen-bond donors (Lipinski definition) is 0. The maximum Gasteiger partial charge on any atom is 0.303 e. The summed E-state index contributed by atoms with van der Waals surface area (Å²) in [6.45, 7) is 2.54. The van der Waals surface area contributed by atoms with Gasteiger partial charge in [-0.2, -0.15) is 0 Å². The van der Waals surface area contributed by atoms with E-state index in [0.29, 0.717) is 5.56 Å². The van der Waals surface area contributed by atoms with E-state index in [1.54, 1.807) is 0 Å². The number of carbonyl (C=O) groups is 2. The molecule has 0 aromatic heterocycles. The predicted molar refractivity (Wildman–Crippen MR) is 51.6 cm³/mol. The summed E-state index contributed by atoms with van der Waals surface area (Å²) < 4.78 is 17.4. The van der Waals surface area contributed by atoms with E-state index in [1.807, 2.05) is 0 Å². The van der Waals surface area contributed by atoms with Crippen molar-refractivity contribution < 1.29 is 18.7 Å². The second-order valence-corrected chi connectivity index (χ2v) is 3.15. The third-order valence-electron chi connectivity index (χ3n) is 1.83. The van der Waals surface area contributed by atoms with Crippen molar-refractivity contribution >= 4 is 11.8 Å². The number of benzene rings is 1. The Morgan fingerprint density at radius 3 is 2.13 bits per heavy atom. The van der Waals surface area contributed by atoms with Gasteiger partial charge in [0.15, 0.2) is 11.9 Å². The molecule has 0 saturated carbocycles. The Kier molecular flexibility index (Phi) is 3.55. The zero-order valence-corrected chi connectivity index (χ0v) is 8.49. The summed E-state index contributed by atoms with van der Waals surface area (Å²) >= 11 is 0. The van der Waals surface area contributed by atoms with Crippen LogP contribution < -0.4 is 0 Å². The van der Waals surface area contributed by atoms with E-state index in [1.165, 1.54) is 38.1 Å². The van der Waals surface area contributed by atoms with Gasteiger partial charge in [-0.3, -0.25) is 9.59 Å². The molecule has 0 saturated heterocycles. The first-order valence-electron chi connectivity index (χ1n) is 4.44. The summed E-state index contributed by atoms with van der Waals surface area (Å²) in [5.74, 6) is -1.24. The van der Waals surface area contributed by atoms with E-state index >= 15 is 0 Å². The molecule has 0 radical (unpaired) electrons. The van der Waals surface area contributed by atoms with Crippen LogP contribution in [-0.4, -0.2) is 11.8 Å². The van der Waals surface area contributed by atoms with Gasteiger partial charge in [-0.15, -0.1) is 0 Å². The first-order valence-corrected chi connectivity index (χ1v) is 4.44. The lowest BCUT2D eigenvalue weighted by atomic mass is 10.1. The number of ketones is 1. The van der Waals surface area contributed by atoms with Crippen molar-refractivity contribution in [1.29, 1.82) is 0 Å². The first-order chi connectivity index (χ1) is 7.00. The van der Waals surface area contributed by atoms with Gasteiger partial charge in [0.05, 0.1) is 0 Å². The fraction of sp³-hybridized carbons (Fsp3) is 0.273. The molecule has 0 aliphatic carbocycles. The molecule has 1 atom stereocenters. The SMILES string of the molecule is CC(=O)OC(C(C)=O)c1ccc(F)cc1. The van der Waals surface area contributed by atoms with Crippen molar-refractivity contribution in [2.75, 3.05) is 0 Å². The van der Waals surface area contributed by atoms with Crippen LogP contribution in [0.3, 0.4) is 0 Å². The highest BCUT2D eigenvalue weighted by molar-refractivity contribution is 5.84. The van der Waals surface area contributed by atoms with E-state index in [2.05, 4.69) is 0 Å². The smallest absolute Gasteiger partial charge is 0.303 e. The molecule has 0 aliphatic rings. The average Bonchev–Trinajstić information content (AvgIpc) is 2.15. The quantitative estimate of drug-likeness (QED) is 0.717. The van der Waals surface area contributed by atoms with Gasteiger partial charge < -0.3 is 4.74 Å². The fourth-order valence-electron chi connectivity index (χ4n) is 1.19. The van der Waals surface area contributed by atoms with Crippen LogP contribution in [0.5, 0.6) is 0 Å². The van der Waals surface area contributed by atoms with Crippen LogP contribution in [0.4, 0.5) is 4.39 Å². The van der Waals surface area contributed by atoms with Gasteiger partial charge in [0.2, 0.25) is 0 Å². The number of hydrogen-bond acceptors (Lipinski definition) is 3. The number of halogens is 1. The summed E-state index contributed by atoms with van der Waals surface area (Å²) in [5.41, 5.74) is 0.471. The Balaban J connectivity index is 2.94. The van der Waals surface area contributed by atoms with Crippen LogP contribution in [0.15, 0.2) is 24.3 Å². The normalized spacial score (nSPS) is 11.9. The molecule has 0 amide bonds. The number of rotatable bonds is 3. The fourth-order valence-corrected chi connectivity index (χ4v) is 1.19. The van der Waals surface area contributed by atoms with Crippen molar-refractivity contribution in [3.63, 3.8) is 0 Å². The third kappa shape index (κ3) is 3.16. The molecule has 4 heteroatoms. The van der Waals surface area contributed by atoms with E-state index in [4.69, 9.17) is 4.74 Å². The molecular weight excluding hydrogens is 199 g/mol. The molecule has 0 aliphatic heterocycles. The largest absolute Gasteiger partial charge is 0.450 e. The van der Waals surface area contributed by atoms with Crippen LogP contribution in [0.25, 0.3) is 0 Å². The second-order valence-electron chi connectivity index (χ2n) is 3.15. The van der Waals surface area contributed by atoms with E-state index in [-0.39, 0.29) is 5.78 Å². The minimum Gasteiger partial charge on any atom is -0.450 e. The number of Topliss-reactive ketones (excluding diaryl/α,β-unsaturated/α-hetero) is 1. The lowest BCUT2D eigenvalue weighted by Crippen LogP contribution is -2.15. The highest BCUT2D eigenvalue weighted by Gasteiger charge is 2.19. The van der Waals surface area contributed by atoms with Crippen LogP contribution in [0.1, 0.15) is 25.5 Å². The molecule has 0 bridgehead atoms. The molecular formula is C11H11FO3. The lowest BCUT2D eigenvalue weighted by Gasteiger charge is -2.13. The highest BCUT2D eigenvalue weighted by Crippen LogP contribution is 2.18. The van der Waals surface area contributed by atoms with Crippen LogP contribution in [-0.2, 0) is 14.3 Å². The van der Waals surface area contributed by atoms with E-state index in [9.17, 15) is 14.0 Å². The van der Waals surface area contributed by atoms with Gasteiger partial charge in [-0.1, -0.05) is 12.1 Å². The lowest BCUT2D eigenvalue weighted by molar-refractivity contribution is -0.152. The minimum atomic E-state index is -0.942. The Morgan fingerprint density at radius 1 is 1.20 bits per heavy atom. The highest BCUT2D eigenvalue weighted by atomic mass is 19.1. The topological polar surface area (TPSA) is 43.4 Å². The van der Waals surface area contributed by atoms with Crippen molar-refractivity contribution in [2.24, 2.45) is 0 Å². The van der Waals surface area contributed by atoms with Crippen molar-refractivity contribution in [3.05, 3.63) is 35.6 Å². The second kappa shape index (κ2) is 4.68. The summed E-state index contributed by atoms with van der Waals surface area (Å²) in [6, 6.07) is 5.28. The van der Waals surface area contributed by atoms with Gasteiger partial charge in [-0.05, 0) is 19.1 Å². The van der Waals surface area contributed by atoms with Gasteiger partial charge in [0, 0.05) is 12.5 Å². The van der Waals surface area contributed by atoms with Gasteiger partial charge in [0.25, 0.3) is 0 Å². The van der Waals surface area contributed by atoms with Crippen LogP contribution >= 0.6 is 0 Å². The third-order valence-corrected chi connectivity index (χ3v) is 1.83. The van der Waals surface area contributed by atoms with Crippen molar-refractivity contribution in [3.8, 4) is 0 Å². The molecule has 0 fully saturated rings. The number of ether oxygens (including phenoxy) is 1. The predicted octanol–water partition coefficient (Wildman–Crippen LogP) is 2.02. The van der Waals surface area contributed by atoms with Crippen molar-refractivity contribution in [1.82, 2.24) is 0 Å². The van der Waals surface area contributed by atoms with E-state index < -0.39 is 17.9 Å². The van der Waals surface area contributed by atoms with Crippen molar-refractivity contribution in [2.45, 2.75) is 20.0 Å². The van der Waals surface area contributed by atoms with E-state index in [0.717, 1.165) is 0 Å². The molecule has 1 unspecified atom stereocenters. The Labute approximate surface area is 86.9 Å². The molecule has 1 rings (SSSR count). The van der Waals surface area contributed by atoms with Gasteiger partial charge in [-0.25, -0.2) is 4.39 Å². The summed E-state index contributed by atoms with van der Waals surface area (Å²) in [7, 11) is 0. The maximum absolute atomic E-state index is 12.6. The monoisotopic (exact) mass is 210 g/mol. The molecule has 0 spiro atoms. The van der Waals surface area contributed by atoms with Crippen LogP contribution in [0, 0.1) is 5.82 Å². The molecule has 80 valence electrons. The molecule has 1 aromatic carbocycles. The summed E-state index contributed by atoms with van der Waals surface area (Å²) in [6.07, 6.45) is -0.942. The Morgan fingerprint density at radius 2 is 1.73 bits per heavy atom. The Bertz CT molecular complexity index is 370. The number of carbonyl (C=O) groups excluding carboxylic acids is 2. The molecule has 0 heterocycles. The zero-order valence-electron chi connectivity index (χ0n) is 8.49. The van der Waals surface area contributed by atoms with Gasteiger partial charge in [0.1, 0.15) is 5.82 Å². The minimum absolute atomic E-state index is 0.295. The Hall–Kier alpha value is -1.71. The zero-order chi connectivity index (χ0) is 11.4.